The maximum atomic E-state index is 13.8. The fourth-order valence-electron chi connectivity index (χ4n) is 4.31. The molecule has 0 saturated carbocycles. The van der Waals surface area contributed by atoms with Crippen molar-refractivity contribution in [3.8, 4) is 5.69 Å². The van der Waals surface area contributed by atoms with Crippen LogP contribution >= 0.6 is 0 Å². The lowest BCUT2D eigenvalue weighted by Crippen LogP contribution is -2.35. The van der Waals surface area contributed by atoms with Crippen LogP contribution in [0.5, 0.6) is 0 Å². The first kappa shape index (κ1) is 21.7. The Balaban J connectivity index is 2.03. The van der Waals surface area contributed by atoms with E-state index >= 15 is 0 Å². The van der Waals surface area contributed by atoms with Crippen LogP contribution in [0.2, 0.25) is 0 Å². The first-order valence-electron chi connectivity index (χ1n) is 10.7. The van der Waals surface area contributed by atoms with Gasteiger partial charge in [0.2, 0.25) is 0 Å². The summed E-state index contributed by atoms with van der Waals surface area (Å²) in [4.78, 5) is 15.8. The summed E-state index contributed by atoms with van der Waals surface area (Å²) >= 11 is 0. The standard InChI is InChI=1S/C27H29N3O2/c1-19-10-9-11-22(18-19)27(32,21-14-16-23(17-15-21)28(3)4)25-20(2)29(5)30(26(25)31)24-12-7-6-8-13-24/h6-18,32H,1-5H3. The van der Waals surface area contributed by atoms with E-state index in [0.717, 1.165) is 16.9 Å². The number of aryl methyl sites for hydroxylation is 1. The van der Waals surface area contributed by atoms with E-state index in [-0.39, 0.29) is 5.56 Å². The summed E-state index contributed by atoms with van der Waals surface area (Å²) in [5.41, 5.74) is 3.33. The minimum Gasteiger partial charge on any atom is -0.378 e. The van der Waals surface area contributed by atoms with Crippen LogP contribution in [0, 0.1) is 13.8 Å². The molecule has 164 valence electrons. The van der Waals surface area contributed by atoms with E-state index in [4.69, 9.17) is 0 Å². The van der Waals surface area contributed by atoms with E-state index in [1.165, 1.54) is 0 Å². The van der Waals surface area contributed by atoms with Gasteiger partial charge in [0.1, 0.15) is 5.60 Å². The normalized spacial score (nSPS) is 13.1. The fraction of sp³-hybridized carbons (Fsp3) is 0.222. The highest BCUT2D eigenvalue weighted by Crippen LogP contribution is 2.38. The number of nitrogens with zero attached hydrogens (tertiary/aromatic N) is 3. The molecule has 1 N–H and O–H groups in total. The maximum Gasteiger partial charge on any atom is 0.278 e. The second kappa shape index (κ2) is 8.17. The topological polar surface area (TPSA) is 50.4 Å². The minimum atomic E-state index is -1.60. The highest BCUT2D eigenvalue weighted by atomic mass is 16.3. The molecular weight excluding hydrogens is 398 g/mol. The Morgan fingerprint density at radius 2 is 1.50 bits per heavy atom. The summed E-state index contributed by atoms with van der Waals surface area (Å²) in [6.07, 6.45) is 0. The molecule has 5 nitrogen and oxygen atoms in total. The third-order valence-corrected chi connectivity index (χ3v) is 6.15. The predicted molar refractivity (Wildman–Crippen MR) is 130 cm³/mol. The van der Waals surface area contributed by atoms with Crippen molar-refractivity contribution in [2.75, 3.05) is 19.0 Å². The van der Waals surface area contributed by atoms with Crippen LogP contribution in [0.15, 0.2) is 83.7 Å². The number of anilines is 1. The van der Waals surface area contributed by atoms with Gasteiger partial charge < -0.3 is 10.0 Å². The highest BCUT2D eigenvalue weighted by molar-refractivity contribution is 5.54. The van der Waals surface area contributed by atoms with Crippen LogP contribution in [-0.4, -0.2) is 28.6 Å². The molecule has 1 heterocycles. The van der Waals surface area contributed by atoms with Crippen molar-refractivity contribution in [1.82, 2.24) is 9.36 Å². The number of hydrogen-bond donors (Lipinski definition) is 1. The first-order chi connectivity index (χ1) is 15.2. The number of rotatable bonds is 5. The van der Waals surface area contributed by atoms with Crippen molar-refractivity contribution in [3.63, 3.8) is 0 Å². The van der Waals surface area contributed by atoms with Crippen molar-refractivity contribution in [3.05, 3.63) is 117 Å². The van der Waals surface area contributed by atoms with E-state index < -0.39 is 5.60 Å². The second-order valence-electron chi connectivity index (χ2n) is 8.46. The van der Waals surface area contributed by atoms with Crippen molar-refractivity contribution >= 4 is 5.69 Å². The van der Waals surface area contributed by atoms with E-state index in [9.17, 15) is 9.90 Å². The number of aliphatic hydroxyl groups is 1. The Bertz CT molecular complexity index is 1300. The molecule has 0 aliphatic rings. The van der Waals surface area contributed by atoms with Crippen LogP contribution in [0.3, 0.4) is 0 Å². The number of hydrogen-bond acceptors (Lipinski definition) is 3. The van der Waals surface area contributed by atoms with E-state index in [1.807, 2.05) is 123 Å². The summed E-state index contributed by atoms with van der Waals surface area (Å²) in [5.74, 6) is 0. The summed E-state index contributed by atoms with van der Waals surface area (Å²) in [6.45, 7) is 3.87. The van der Waals surface area contributed by atoms with E-state index in [0.29, 0.717) is 22.4 Å². The molecule has 0 aliphatic heterocycles. The molecule has 5 heteroatoms. The molecule has 32 heavy (non-hydrogen) atoms. The third kappa shape index (κ3) is 3.45. The minimum absolute atomic E-state index is 0.239. The van der Waals surface area contributed by atoms with E-state index in [2.05, 4.69) is 0 Å². The Labute approximate surface area is 188 Å². The smallest absolute Gasteiger partial charge is 0.278 e. The zero-order chi connectivity index (χ0) is 23.0. The molecule has 4 aromatic rings. The monoisotopic (exact) mass is 427 g/mol. The van der Waals surface area contributed by atoms with Gasteiger partial charge >= 0.3 is 0 Å². The van der Waals surface area contributed by atoms with Crippen LogP contribution < -0.4 is 10.5 Å². The van der Waals surface area contributed by atoms with Crippen molar-refractivity contribution in [1.29, 1.82) is 0 Å². The molecule has 0 saturated heterocycles. The molecule has 4 rings (SSSR count). The Morgan fingerprint density at radius 3 is 2.09 bits per heavy atom. The molecule has 0 aliphatic carbocycles. The number of aromatic nitrogens is 2. The molecule has 0 fully saturated rings. The van der Waals surface area contributed by atoms with Gasteiger partial charge in [-0.25, -0.2) is 4.68 Å². The van der Waals surface area contributed by atoms with Crippen LogP contribution in [0.1, 0.15) is 27.9 Å². The van der Waals surface area contributed by atoms with Gasteiger partial charge in [0.05, 0.1) is 11.3 Å². The van der Waals surface area contributed by atoms with Gasteiger partial charge in [-0.05, 0) is 49.2 Å². The Kier molecular flexibility index (Phi) is 5.53. The predicted octanol–water partition coefficient (Wildman–Crippen LogP) is 4.14. The van der Waals surface area contributed by atoms with Gasteiger partial charge in [0, 0.05) is 32.5 Å². The summed E-state index contributed by atoms with van der Waals surface area (Å²) in [5, 5.41) is 12.4. The van der Waals surface area contributed by atoms with Gasteiger partial charge in [-0.2, -0.15) is 0 Å². The zero-order valence-corrected chi connectivity index (χ0v) is 19.2. The third-order valence-electron chi connectivity index (χ3n) is 6.15. The molecule has 3 aromatic carbocycles. The van der Waals surface area contributed by atoms with E-state index in [1.54, 1.807) is 4.68 Å². The SMILES string of the molecule is Cc1cccc(C(O)(c2ccc(N(C)C)cc2)c2c(C)n(C)n(-c3ccccc3)c2=O)c1. The lowest BCUT2D eigenvalue weighted by Gasteiger charge is -2.29. The lowest BCUT2D eigenvalue weighted by molar-refractivity contribution is 0.123. The number of benzene rings is 3. The van der Waals surface area contributed by atoms with Crippen LogP contribution in [0.4, 0.5) is 5.69 Å². The molecule has 0 spiro atoms. The molecule has 1 unspecified atom stereocenters. The molecule has 1 aromatic heterocycles. The van der Waals surface area contributed by atoms with Gasteiger partial charge in [-0.1, -0.05) is 60.2 Å². The number of para-hydroxylation sites is 1. The fourth-order valence-corrected chi connectivity index (χ4v) is 4.31. The van der Waals surface area contributed by atoms with Crippen molar-refractivity contribution < 1.29 is 5.11 Å². The molecule has 1 atom stereocenters. The van der Waals surface area contributed by atoms with Crippen LogP contribution in [-0.2, 0) is 12.6 Å². The largest absolute Gasteiger partial charge is 0.378 e. The summed E-state index contributed by atoms with van der Waals surface area (Å²) < 4.78 is 3.42. The maximum absolute atomic E-state index is 13.8. The van der Waals surface area contributed by atoms with Crippen LogP contribution in [0.25, 0.3) is 5.69 Å². The average molecular weight is 428 g/mol. The molecular formula is C27H29N3O2. The summed E-state index contributed by atoms with van der Waals surface area (Å²) in [7, 11) is 5.79. The molecule has 0 amide bonds. The quantitative estimate of drug-likeness (QED) is 0.521. The Morgan fingerprint density at radius 1 is 0.844 bits per heavy atom. The lowest BCUT2D eigenvalue weighted by atomic mass is 9.80. The van der Waals surface area contributed by atoms with Gasteiger partial charge in [-0.3, -0.25) is 9.48 Å². The van der Waals surface area contributed by atoms with Gasteiger partial charge in [0.25, 0.3) is 5.56 Å². The first-order valence-corrected chi connectivity index (χ1v) is 10.7. The average Bonchev–Trinajstić information content (AvgIpc) is 3.02. The van der Waals surface area contributed by atoms with Gasteiger partial charge in [-0.15, -0.1) is 0 Å². The van der Waals surface area contributed by atoms with Crippen molar-refractivity contribution in [2.45, 2.75) is 19.4 Å². The Hall–Kier alpha value is -3.57. The molecule has 0 radical (unpaired) electrons. The summed E-state index contributed by atoms with van der Waals surface area (Å²) in [6, 6.07) is 24.9. The van der Waals surface area contributed by atoms with Crippen molar-refractivity contribution in [2.24, 2.45) is 7.05 Å². The second-order valence-corrected chi connectivity index (χ2v) is 8.46. The highest BCUT2D eigenvalue weighted by Gasteiger charge is 2.40. The zero-order valence-electron chi connectivity index (χ0n) is 19.2. The van der Waals surface area contributed by atoms with Gasteiger partial charge in [0.15, 0.2) is 0 Å². The molecule has 0 bridgehead atoms.